The van der Waals surface area contributed by atoms with Gasteiger partial charge in [-0.2, -0.15) is 5.10 Å². The summed E-state index contributed by atoms with van der Waals surface area (Å²) in [6, 6.07) is 0.272. The van der Waals surface area contributed by atoms with Gasteiger partial charge in [0.05, 0.1) is 11.8 Å². The zero-order chi connectivity index (χ0) is 12.3. The van der Waals surface area contributed by atoms with E-state index in [1.54, 1.807) is 12.4 Å². The highest BCUT2D eigenvalue weighted by Gasteiger charge is 2.30. The Bertz CT molecular complexity index is 464. The first-order valence-electron chi connectivity index (χ1n) is 5.75. The van der Waals surface area contributed by atoms with Gasteiger partial charge in [0.2, 0.25) is 0 Å². The minimum Gasteiger partial charge on any atom is -0.302 e. The third kappa shape index (κ3) is 2.44. The van der Waals surface area contributed by atoms with Crippen LogP contribution in [0.2, 0.25) is 0 Å². The molecular weight excluding hydrogens is 210 g/mol. The lowest BCUT2D eigenvalue weighted by molar-refractivity contribution is 0.618. The quantitative estimate of drug-likeness (QED) is 0.584. The lowest BCUT2D eigenvalue weighted by Gasteiger charge is -2.18. The topological polar surface area (TPSA) is 36.8 Å². The van der Waals surface area contributed by atoms with Crippen molar-refractivity contribution < 1.29 is 0 Å². The van der Waals surface area contributed by atoms with E-state index < -0.39 is 0 Å². The summed E-state index contributed by atoms with van der Waals surface area (Å²) < 4.78 is 0. The first-order valence-corrected chi connectivity index (χ1v) is 5.75. The number of hydrogen-bond acceptors (Lipinski definition) is 3. The molecule has 0 fully saturated rings. The van der Waals surface area contributed by atoms with Gasteiger partial charge in [-0.25, -0.2) is 0 Å². The Kier molecular flexibility index (Phi) is 3.38. The standard InChI is InChI=1S/C14H17N3/c1-4-15-8-7-11(3)14-12-9-10(2)5-6-13(12)16-17-14/h4-9,12-13,16H,3H2,1-2H3/b8-7-,15-4?. The van der Waals surface area contributed by atoms with E-state index in [0.29, 0.717) is 5.92 Å². The molecule has 0 spiro atoms. The van der Waals surface area contributed by atoms with Crippen LogP contribution in [0.15, 0.2) is 58.3 Å². The summed E-state index contributed by atoms with van der Waals surface area (Å²) in [6.07, 6.45) is 11.9. The van der Waals surface area contributed by atoms with Crippen molar-refractivity contribution in [3.05, 3.63) is 48.2 Å². The van der Waals surface area contributed by atoms with E-state index in [4.69, 9.17) is 0 Å². The summed E-state index contributed by atoms with van der Waals surface area (Å²) in [5.41, 5.74) is 6.31. The zero-order valence-electron chi connectivity index (χ0n) is 10.2. The van der Waals surface area contributed by atoms with Crippen LogP contribution in [0.5, 0.6) is 0 Å². The van der Waals surface area contributed by atoms with Crippen LogP contribution in [0.25, 0.3) is 0 Å². The summed E-state index contributed by atoms with van der Waals surface area (Å²) in [4.78, 5) is 4.03. The molecule has 2 aliphatic rings. The van der Waals surface area contributed by atoms with Crippen LogP contribution in [0, 0.1) is 5.92 Å². The van der Waals surface area contributed by atoms with E-state index >= 15 is 0 Å². The van der Waals surface area contributed by atoms with Gasteiger partial charge < -0.3 is 5.43 Å². The van der Waals surface area contributed by atoms with Gasteiger partial charge >= 0.3 is 0 Å². The molecule has 0 saturated heterocycles. The molecule has 1 N–H and O–H groups in total. The van der Waals surface area contributed by atoms with Crippen molar-refractivity contribution in [2.45, 2.75) is 19.9 Å². The fourth-order valence-electron chi connectivity index (χ4n) is 2.00. The summed E-state index contributed by atoms with van der Waals surface area (Å²) in [5.74, 6) is 0.294. The number of rotatable bonds is 3. The Morgan fingerprint density at radius 2 is 2.41 bits per heavy atom. The third-order valence-electron chi connectivity index (χ3n) is 2.89. The van der Waals surface area contributed by atoms with E-state index in [1.165, 1.54) is 5.57 Å². The molecule has 0 bridgehead atoms. The number of hydrazone groups is 1. The van der Waals surface area contributed by atoms with Crippen molar-refractivity contribution in [2.24, 2.45) is 16.0 Å². The molecule has 0 saturated carbocycles. The number of aliphatic imine (C=N–C) groups is 1. The van der Waals surface area contributed by atoms with Crippen molar-refractivity contribution in [3.8, 4) is 0 Å². The summed E-state index contributed by atoms with van der Waals surface area (Å²) in [5, 5.41) is 4.36. The number of nitrogens with one attached hydrogen (secondary N) is 1. The van der Waals surface area contributed by atoms with Gasteiger partial charge in [0.1, 0.15) is 0 Å². The average Bonchev–Trinajstić information content (AvgIpc) is 2.72. The number of hydrogen-bond donors (Lipinski definition) is 1. The molecule has 2 atom stereocenters. The van der Waals surface area contributed by atoms with Gasteiger partial charge in [0.25, 0.3) is 0 Å². The normalized spacial score (nSPS) is 26.9. The Morgan fingerprint density at radius 1 is 1.59 bits per heavy atom. The maximum Gasteiger partial charge on any atom is 0.0763 e. The summed E-state index contributed by atoms with van der Waals surface area (Å²) in [7, 11) is 0. The van der Waals surface area contributed by atoms with Crippen molar-refractivity contribution in [2.75, 3.05) is 0 Å². The molecule has 1 heterocycles. The second-order valence-corrected chi connectivity index (χ2v) is 4.20. The highest BCUT2D eigenvalue weighted by Crippen LogP contribution is 2.25. The molecule has 0 aromatic heterocycles. The van der Waals surface area contributed by atoms with Gasteiger partial charge in [-0.3, -0.25) is 4.99 Å². The van der Waals surface area contributed by atoms with Gasteiger partial charge in [0.15, 0.2) is 0 Å². The van der Waals surface area contributed by atoms with Crippen molar-refractivity contribution in [1.82, 2.24) is 5.43 Å². The lowest BCUT2D eigenvalue weighted by Crippen LogP contribution is -2.28. The molecule has 2 rings (SSSR count). The molecule has 17 heavy (non-hydrogen) atoms. The molecule has 0 radical (unpaired) electrons. The Balaban J connectivity index is 2.13. The fraction of sp³-hybridized carbons (Fsp3) is 0.286. The molecule has 0 aromatic rings. The lowest BCUT2D eigenvalue weighted by atomic mass is 9.87. The Labute approximate surface area is 102 Å². The van der Waals surface area contributed by atoms with Crippen LogP contribution in [-0.4, -0.2) is 18.0 Å². The maximum atomic E-state index is 4.36. The second kappa shape index (κ2) is 4.95. The maximum absolute atomic E-state index is 4.36. The molecule has 3 heteroatoms. The highest BCUT2D eigenvalue weighted by atomic mass is 15.3. The second-order valence-electron chi connectivity index (χ2n) is 4.20. The van der Waals surface area contributed by atoms with Gasteiger partial charge in [-0.05, 0) is 25.5 Å². The number of fused-ring (bicyclic) bond motifs is 1. The summed E-state index contributed by atoms with van der Waals surface area (Å²) in [6.45, 7) is 8.02. The van der Waals surface area contributed by atoms with Gasteiger partial charge in [-0.1, -0.05) is 30.4 Å². The Hall–Kier alpha value is -1.90. The monoisotopic (exact) mass is 227 g/mol. The van der Waals surface area contributed by atoms with Crippen LogP contribution >= 0.6 is 0 Å². The molecule has 0 aromatic carbocycles. The van der Waals surface area contributed by atoms with Crippen molar-refractivity contribution in [1.29, 1.82) is 0 Å². The van der Waals surface area contributed by atoms with Crippen LogP contribution in [0.1, 0.15) is 13.8 Å². The predicted octanol–water partition coefficient (Wildman–Crippen LogP) is 2.61. The first-order chi connectivity index (χ1) is 8.22. The van der Waals surface area contributed by atoms with Crippen molar-refractivity contribution in [3.63, 3.8) is 0 Å². The molecule has 2 unspecified atom stereocenters. The Morgan fingerprint density at radius 3 is 3.18 bits per heavy atom. The van der Waals surface area contributed by atoms with E-state index in [0.717, 1.165) is 11.3 Å². The highest BCUT2D eigenvalue weighted by molar-refractivity contribution is 6.06. The van der Waals surface area contributed by atoms with E-state index in [-0.39, 0.29) is 6.04 Å². The SMILES string of the molecule is C=C(/C=C\N=CC)C1=NNC2C=CC(C)=CC12. The molecular formula is C14H17N3. The van der Waals surface area contributed by atoms with E-state index in [1.807, 2.05) is 13.0 Å². The van der Waals surface area contributed by atoms with E-state index in [2.05, 4.69) is 47.3 Å². The van der Waals surface area contributed by atoms with Crippen LogP contribution in [0.3, 0.4) is 0 Å². The summed E-state index contributed by atoms with van der Waals surface area (Å²) >= 11 is 0. The largest absolute Gasteiger partial charge is 0.302 e. The van der Waals surface area contributed by atoms with Crippen molar-refractivity contribution >= 4 is 11.9 Å². The van der Waals surface area contributed by atoms with Crippen LogP contribution in [0.4, 0.5) is 0 Å². The zero-order valence-corrected chi connectivity index (χ0v) is 10.2. The number of nitrogens with zero attached hydrogens (tertiary/aromatic N) is 2. The molecule has 1 aliphatic heterocycles. The van der Waals surface area contributed by atoms with Crippen LogP contribution in [-0.2, 0) is 0 Å². The third-order valence-corrected chi connectivity index (χ3v) is 2.89. The molecule has 88 valence electrons. The molecule has 0 amide bonds. The molecule has 3 nitrogen and oxygen atoms in total. The molecule has 1 aliphatic carbocycles. The average molecular weight is 227 g/mol. The van der Waals surface area contributed by atoms with E-state index in [9.17, 15) is 0 Å². The minimum absolute atomic E-state index is 0.272. The van der Waals surface area contributed by atoms with Crippen LogP contribution < -0.4 is 5.43 Å². The number of allylic oxidation sites excluding steroid dienone is 4. The van der Waals surface area contributed by atoms with Gasteiger partial charge in [-0.15, -0.1) is 0 Å². The predicted molar refractivity (Wildman–Crippen MR) is 73.2 cm³/mol. The van der Waals surface area contributed by atoms with Gasteiger partial charge in [0, 0.05) is 18.3 Å². The first kappa shape index (κ1) is 11.6. The smallest absolute Gasteiger partial charge is 0.0763 e. The minimum atomic E-state index is 0.272. The fourth-order valence-corrected chi connectivity index (χ4v) is 2.00.